The van der Waals surface area contributed by atoms with Gasteiger partial charge in [0.15, 0.2) is 0 Å². The predicted molar refractivity (Wildman–Crippen MR) is 57.6 cm³/mol. The molecule has 3 atom stereocenters. The van der Waals surface area contributed by atoms with E-state index in [4.69, 9.17) is 4.74 Å². The van der Waals surface area contributed by atoms with Crippen LogP contribution in [0.3, 0.4) is 0 Å². The second kappa shape index (κ2) is 5.19. The highest BCUT2D eigenvalue weighted by Crippen LogP contribution is 2.22. The van der Waals surface area contributed by atoms with Gasteiger partial charge in [-0.2, -0.15) is 0 Å². The molecule has 0 saturated carbocycles. The van der Waals surface area contributed by atoms with Crippen LogP contribution >= 0.6 is 22.6 Å². The molecule has 0 amide bonds. The van der Waals surface area contributed by atoms with Crippen LogP contribution in [0, 0.1) is 5.92 Å². The maximum atomic E-state index is 9.53. The van der Waals surface area contributed by atoms with Gasteiger partial charge in [0.25, 0.3) is 0 Å². The molecule has 0 aromatic carbocycles. The number of rotatable bonds is 3. The first-order valence-electron chi connectivity index (χ1n) is 4.26. The summed E-state index contributed by atoms with van der Waals surface area (Å²) in [5.74, 6) is 0.332. The fourth-order valence-electron chi connectivity index (χ4n) is 1.41. The van der Waals surface area contributed by atoms with Crippen LogP contribution in [0.5, 0.6) is 0 Å². The summed E-state index contributed by atoms with van der Waals surface area (Å²) in [6.45, 7) is 4.37. The van der Waals surface area contributed by atoms with Crippen molar-refractivity contribution in [2.75, 3.05) is 11.0 Å². The lowest BCUT2D eigenvalue weighted by atomic mass is 9.94. The number of alkyl halides is 1. The van der Waals surface area contributed by atoms with Crippen LogP contribution in [-0.2, 0) is 4.74 Å². The van der Waals surface area contributed by atoms with E-state index in [1.54, 1.807) is 0 Å². The summed E-state index contributed by atoms with van der Waals surface area (Å²) in [5, 5.41) is 9.53. The van der Waals surface area contributed by atoms with Crippen molar-refractivity contribution >= 4 is 22.6 Å². The molecular weight excluding hydrogens is 267 g/mol. The molecule has 0 spiro atoms. The van der Waals surface area contributed by atoms with E-state index in [9.17, 15) is 5.11 Å². The fourth-order valence-corrected chi connectivity index (χ4v) is 2.13. The summed E-state index contributed by atoms with van der Waals surface area (Å²) < 4.78 is 6.28. The summed E-state index contributed by atoms with van der Waals surface area (Å²) in [6.07, 6.45) is 3.91. The van der Waals surface area contributed by atoms with E-state index >= 15 is 0 Å². The van der Waals surface area contributed by atoms with Crippen molar-refractivity contribution in [1.82, 2.24) is 0 Å². The van der Waals surface area contributed by atoms with Crippen molar-refractivity contribution in [3.63, 3.8) is 0 Å². The summed E-state index contributed by atoms with van der Waals surface area (Å²) in [4.78, 5) is 0. The largest absolute Gasteiger partial charge is 0.392 e. The zero-order chi connectivity index (χ0) is 8.97. The molecule has 0 aliphatic carbocycles. The molecule has 1 fully saturated rings. The molecule has 0 aromatic heterocycles. The average molecular weight is 282 g/mol. The molecule has 1 aliphatic heterocycles. The number of halogens is 1. The molecule has 1 saturated heterocycles. The molecule has 3 unspecified atom stereocenters. The van der Waals surface area contributed by atoms with Crippen LogP contribution in [0.2, 0.25) is 0 Å². The zero-order valence-electron chi connectivity index (χ0n) is 7.08. The fraction of sp³-hybridized carbons (Fsp3) is 0.778. The second-order valence-corrected chi connectivity index (χ2v) is 4.05. The first-order valence-corrected chi connectivity index (χ1v) is 5.78. The van der Waals surface area contributed by atoms with Gasteiger partial charge in [0.1, 0.15) is 0 Å². The summed E-state index contributed by atoms with van der Waals surface area (Å²) in [7, 11) is 0. The topological polar surface area (TPSA) is 29.5 Å². The van der Waals surface area contributed by atoms with Crippen molar-refractivity contribution in [3.8, 4) is 0 Å². The molecular formula is C9H15IO2. The van der Waals surface area contributed by atoms with Gasteiger partial charge < -0.3 is 9.84 Å². The lowest BCUT2D eigenvalue weighted by molar-refractivity contribution is -0.0287. The highest BCUT2D eigenvalue weighted by Gasteiger charge is 2.24. The minimum absolute atomic E-state index is 0.198. The lowest BCUT2D eigenvalue weighted by Gasteiger charge is -2.29. The van der Waals surface area contributed by atoms with E-state index in [1.165, 1.54) is 0 Å². The minimum atomic E-state index is -0.198. The summed E-state index contributed by atoms with van der Waals surface area (Å²) >= 11 is 2.20. The van der Waals surface area contributed by atoms with Crippen LogP contribution in [0.4, 0.5) is 0 Å². The number of hydrogen-bond donors (Lipinski definition) is 1. The summed E-state index contributed by atoms with van der Waals surface area (Å²) in [6, 6.07) is 0. The van der Waals surface area contributed by atoms with E-state index in [0.717, 1.165) is 17.3 Å². The lowest BCUT2D eigenvalue weighted by Crippen LogP contribution is -2.33. The highest BCUT2D eigenvalue weighted by atomic mass is 127. The van der Waals surface area contributed by atoms with E-state index < -0.39 is 0 Å². The van der Waals surface area contributed by atoms with Crippen LogP contribution in [0.1, 0.15) is 12.8 Å². The van der Waals surface area contributed by atoms with Crippen LogP contribution in [-0.4, -0.2) is 28.3 Å². The van der Waals surface area contributed by atoms with Crippen LogP contribution in [0.15, 0.2) is 12.7 Å². The Morgan fingerprint density at radius 1 is 1.67 bits per heavy atom. The van der Waals surface area contributed by atoms with Crippen molar-refractivity contribution in [2.45, 2.75) is 25.0 Å². The second-order valence-electron chi connectivity index (χ2n) is 3.17. The van der Waals surface area contributed by atoms with E-state index in [1.807, 2.05) is 6.08 Å². The zero-order valence-corrected chi connectivity index (χ0v) is 9.24. The highest BCUT2D eigenvalue weighted by molar-refractivity contribution is 14.1. The number of ether oxygens (including phenoxy) is 1. The standard InChI is InChI=1S/C9H15IO2/c1-2-8-4-3-7(6-12-8)9(11)5-10/h2,7-9,11H,1,3-6H2. The first kappa shape index (κ1) is 10.5. The molecule has 2 nitrogen and oxygen atoms in total. The van der Waals surface area contributed by atoms with Gasteiger partial charge in [-0.15, -0.1) is 6.58 Å². The van der Waals surface area contributed by atoms with Crippen LogP contribution < -0.4 is 0 Å². The third-order valence-electron chi connectivity index (χ3n) is 2.31. The average Bonchev–Trinajstić information content (AvgIpc) is 2.17. The summed E-state index contributed by atoms with van der Waals surface area (Å²) in [5.41, 5.74) is 0. The molecule has 12 heavy (non-hydrogen) atoms. The SMILES string of the molecule is C=CC1CCC(C(O)CI)CO1. The van der Waals surface area contributed by atoms with E-state index in [0.29, 0.717) is 12.5 Å². The molecule has 1 heterocycles. The van der Waals surface area contributed by atoms with Gasteiger partial charge in [-0.3, -0.25) is 0 Å². The molecule has 0 radical (unpaired) electrons. The van der Waals surface area contributed by atoms with Crippen molar-refractivity contribution < 1.29 is 9.84 Å². The Morgan fingerprint density at radius 3 is 2.83 bits per heavy atom. The van der Waals surface area contributed by atoms with Crippen molar-refractivity contribution in [1.29, 1.82) is 0 Å². The van der Waals surface area contributed by atoms with E-state index in [2.05, 4.69) is 29.2 Å². The van der Waals surface area contributed by atoms with Gasteiger partial charge in [0, 0.05) is 10.3 Å². The van der Waals surface area contributed by atoms with Crippen molar-refractivity contribution in [3.05, 3.63) is 12.7 Å². The Morgan fingerprint density at radius 2 is 2.42 bits per heavy atom. The molecule has 3 heteroatoms. The van der Waals surface area contributed by atoms with Gasteiger partial charge in [-0.05, 0) is 12.8 Å². The Labute approximate surface area is 87.1 Å². The van der Waals surface area contributed by atoms with Gasteiger partial charge in [-0.1, -0.05) is 28.7 Å². The first-order chi connectivity index (χ1) is 5.77. The molecule has 0 bridgehead atoms. The van der Waals surface area contributed by atoms with Crippen LogP contribution in [0.25, 0.3) is 0 Å². The minimum Gasteiger partial charge on any atom is -0.392 e. The maximum Gasteiger partial charge on any atom is 0.0753 e. The molecule has 1 aliphatic rings. The maximum absolute atomic E-state index is 9.53. The number of hydrogen-bond acceptors (Lipinski definition) is 2. The Balaban J connectivity index is 2.30. The number of aliphatic hydroxyl groups is 1. The third-order valence-corrected chi connectivity index (χ3v) is 3.21. The van der Waals surface area contributed by atoms with Crippen molar-refractivity contribution in [2.24, 2.45) is 5.92 Å². The molecule has 70 valence electrons. The monoisotopic (exact) mass is 282 g/mol. The van der Waals surface area contributed by atoms with Gasteiger partial charge in [0.05, 0.1) is 18.8 Å². The smallest absolute Gasteiger partial charge is 0.0753 e. The molecule has 1 rings (SSSR count). The Hall–Kier alpha value is 0.390. The van der Waals surface area contributed by atoms with E-state index in [-0.39, 0.29) is 12.2 Å². The quantitative estimate of drug-likeness (QED) is 0.485. The number of aliphatic hydroxyl groups excluding tert-OH is 1. The Bertz CT molecular complexity index is 141. The normalized spacial score (nSPS) is 32.8. The molecule has 0 aromatic rings. The van der Waals surface area contributed by atoms with Gasteiger partial charge in [-0.25, -0.2) is 0 Å². The molecule has 1 N–H and O–H groups in total. The third kappa shape index (κ3) is 2.71. The van der Waals surface area contributed by atoms with Gasteiger partial charge >= 0.3 is 0 Å². The Kier molecular flexibility index (Phi) is 4.53. The van der Waals surface area contributed by atoms with Gasteiger partial charge in [0.2, 0.25) is 0 Å². The predicted octanol–water partition coefficient (Wildman–Crippen LogP) is 1.76.